The Balaban J connectivity index is 1.92. The Labute approximate surface area is 161 Å². The molecule has 0 radical (unpaired) electrons. The highest BCUT2D eigenvalue weighted by molar-refractivity contribution is 5.89. The molecule has 156 valence electrons. The van der Waals surface area contributed by atoms with Gasteiger partial charge in [0.15, 0.2) is 6.35 Å². The summed E-state index contributed by atoms with van der Waals surface area (Å²) in [5, 5.41) is 8.23. The smallest absolute Gasteiger partial charge is 0.348 e. The van der Waals surface area contributed by atoms with Gasteiger partial charge in [0.25, 0.3) is 0 Å². The minimum absolute atomic E-state index is 0.0564. The van der Waals surface area contributed by atoms with Crippen LogP contribution < -0.4 is 16.0 Å². The van der Waals surface area contributed by atoms with Gasteiger partial charge in [-0.1, -0.05) is 12.1 Å². The van der Waals surface area contributed by atoms with Crippen LogP contribution >= 0.6 is 0 Å². The number of halogens is 3. The number of hydrogen-bond donors (Lipinski definition) is 3. The number of amides is 2. The lowest BCUT2D eigenvalue weighted by Crippen LogP contribution is -2.62. The van der Waals surface area contributed by atoms with Crippen molar-refractivity contribution in [1.82, 2.24) is 20.9 Å². The molecule has 1 aliphatic heterocycles. The van der Waals surface area contributed by atoms with E-state index in [4.69, 9.17) is 4.74 Å². The Hall–Kier alpha value is -2.17. The fourth-order valence-corrected chi connectivity index (χ4v) is 2.64. The van der Waals surface area contributed by atoms with Crippen molar-refractivity contribution in [2.24, 2.45) is 0 Å². The maximum atomic E-state index is 12.6. The van der Waals surface area contributed by atoms with E-state index in [0.29, 0.717) is 18.7 Å². The minimum Gasteiger partial charge on any atom is -0.348 e. The van der Waals surface area contributed by atoms with Crippen molar-refractivity contribution in [3.8, 4) is 0 Å². The normalized spacial score (nSPS) is 21.3. The number of hydrogen-bond acceptors (Lipinski definition) is 5. The predicted octanol–water partition coefficient (Wildman–Crippen LogP) is 1.22. The molecule has 10 heteroatoms. The van der Waals surface area contributed by atoms with Gasteiger partial charge in [0.1, 0.15) is 0 Å². The summed E-state index contributed by atoms with van der Waals surface area (Å²) >= 11 is 0. The molecule has 7 nitrogen and oxygen atoms in total. The fourth-order valence-electron chi connectivity index (χ4n) is 2.64. The number of carbonyl (C=O) groups is 2. The molecule has 0 aliphatic carbocycles. The number of alkyl halides is 3. The standard InChI is InChI=1S/C18H25F3N4O3/c1-11(12-4-6-13(7-5-12)18(19,20)21)22-16(27)14-10-15(26)24-17(23-14)28-9-8-25(2)3/h4-7,11,14,17,23H,8-10H2,1-3H3,(H,22,27)(H,24,26). The molecule has 1 aliphatic rings. The van der Waals surface area contributed by atoms with E-state index >= 15 is 0 Å². The molecule has 0 aromatic heterocycles. The third-order valence-corrected chi connectivity index (χ3v) is 4.27. The van der Waals surface area contributed by atoms with Gasteiger partial charge < -0.3 is 20.3 Å². The molecule has 2 rings (SSSR count). The van der Waals surface area contributed by atoms with Crippen molar-refractivity contribution in [2.75, 3.05) is 27.2 Å². The third-order valence-electron chi connectivity index (χ3n) is 4.27. The van der Waals surface area contributed by atoms with E-state index in [1.807, 2.05) is 19.0 Å². The van der Waals surface area contributed by atoms with Crippen LogP contribution in [0, 0.1) is 0 Å². The van der Waals surface area contributed by atoms with Gasteiger partial charge in [-0.25, -0.2) is 0 Å². The van der Waals surface area contributed by atoms with E-state index in [1.165, 1.54) is 12.1 Å². The first kappa shape index (κ1) is 22.1. The van der Waals surface area contributed by atoms with Crippen LogP contribution in [0.2, 0.25) is 0 Å². The first-order valence-corrected chi connectivity index (χ1v) is 8.85. The van der Waals surface area contributed by atoms with Crippen LogP contribution in [-0.4, -0.2) is 56.4 Å². The lowest BCUT2D eigenvalue weighted by molar-refractivity contribution is -0.139. The van der Waals surface area contributed by atoms with Crippen LogP contribution in [-0.2, 0) is 20.5 Å². The SMILES string of the molecule is CC(NC(=O)C1CC(=O)NC(OCCN(C)C)N1)c1ccc(C(F)(F)F)cc1. The molecule has 1 saturated heterocycles. The summed E-state index contributed by atoms with van der Waals surface area (Å²) in [6.45, 7) is 2.67. The van der Waals surface area contributed by atoms with E-state index in [-0.39, 0.29) is 12.3 Å². The van der Waals surface area contributed by atoms with Crippen molar-refractivity contribution in [3.05, 3.63) is 35.4 Å². The molecular formula is C18H25F3N4O3. The minimum atomic E-state index is -4.41. The highest BCUT2D eigenvalue weighted by Gasteiger charge is 2.32. The molecule has 3 N–H and O–H groups in total. The monoisotopic (exact) mass is 402 g/mol. The van der Waals surface area contributed by atoms with Crippen LogP contribution in [0.1, 0.15) is 30.5 Å². The van der Waals surface area contributed by atoms with Gasteiger partial charge in [-0.15, -0.1) is 0 Å². The van der Waals surface area contributed by atoms with Crippen molar-refractivity contribution in [3.63, 3.8) is 0 Å². The molecule has 1 aromatic rings. The van der Waals surface area contributed by atoms with Crippen LogP contribution in [0.15, 0.2) is 24.3 Å². The number of ether oxygens (including phenoxy) is 1. The highest BCUT2D eigenvalue weighted by atomic mass is 19.4. The molecule has 0 spiro atoms. The number of likely N-dealkylation sites (N-methyl/N-ethyl adjacent to an activating group) is 1. The second kappa shape index (κ2) is 9.35. The molecule has 0 saturated carbocycles. The summed E-state index contributed by atoms with van der Waals surface area (Å²) in [7, 11) is 3.77. The number of rotatable bonds is 7. The van der Waals surface area contributed by atoms with E-state index < -0.39 is 36.1 Å². The average Bonchev–Trinajstić information content (AvgIpc) is 2.60. The van der Waals surface area contributed by atoms with E-state index in [2.05, 4.69) is 16.0 Å². The largest absolute Gasteiger partial charge is 0.416 e. The molecule has 3 atom stereocenters. The summed E-state index contributed by atoms with van der Waals surface area (Å²) in [6, 6.07) is 3.27. The summed E-state index contributed by atoms with van der Waals surface area (Å²) in [5.41, 5.74) is -0.224. The number of nitrogens with zero attached hydrogens (tertiary/aromatic N) is 1. The Bertz CT molecular complexity index is 680. The van der Waals surface area contributed by atoms with Crippen molar-refractivity contribution in [1.29, 1.82) is 0 Å². The average molecular weight is 402 g/mol. The Morgan fingerprint density at radius 3 is 2.54 bits per heavy atom. The van der Waals surface area contributed by atoms with Gasteiger partial charge >= 0.3 is 6.18 Å². The maximum Gasteiger partial charge on any atom is 0.416 e. The number of nitrogens with one attached hydrogen (secondary N) is 3. The van der Waals surface area contributed by atoms with E-state index in [1.54, 1.807) is 6.92 Å². The molecule has 3 unspecified atom stereocenters. The van der Waals surface area contributed by atoms with Gasteiger partial charge in [-0.05, 0) is 38.7 Å². The fraction of sp³-hybridized carbons (Fsp3) is 0.556. The zero-order chi connectivity index (χ0) is 20.9. The Kier molecular flexibility index (Phi) is 7.39. The predicted molar refractivity (Wildman–Crippen MR) is 96.0 cm³/mol. The van der Waals surface area contributed by atoms with E-state index in [9.17, 15) is 22.8 Å². The van der Waals surface area contributed by atoms with Crippen LogP contribution in [0.4, 0.5) is 13.2 Å². The van der Waals surface area contributed by atoms with Gasteiger partial charge in [0.2, 0.25) is 11.8 Å². The number of carbonyl (C=O) groups excluding carboxylic acids is 2. The van der Waals surface area contributed by atoms with Crippen molar-refractivity contribution in [2.45, 2.75) is 38.0 Å². The second-order valence-corrected chi connectivity index (χ2v) is 6.90. The topological polar surface area (TPSA) is 82.7 Å². The number of benzene rings is 1. The zero-order valence-corrected chi connectivity index (χ0v) is 16.0. The lowest BCUT2D eigenvalue weighted by Gasteiger charge is -2.31. The molecular weight excluding hydrogens is 377 g/mol. The third kappa shape index (κ3) is 6.47. The Morgan fingerprint density at radius 2 is 1.96 bits per heavy atom. The molecule has 28 heavy (non-hydrogen) atoms. The van der Waals surface area contributed by atoms with Crippen molar-refractivity contribution >= 4 is 11.8 Å². The van der Waals surface area contributed by atoms with Gasteiger partial charge in [0.05, 0.1) is 30.7 Å². The summed E-state index contributed by atoms with van der Waals surface area (Å²) in [4.78, 5) is 26.2. The van der Waals surface area contributed by atoms with Crippen LogP contribution in [0.3, 0.4) is 0 Å². The van der Waals surface area contributed by atoms with Crippen LogP contribution in [0.25, 0.3) is 0 Å². The molecule has 2 amide bonds. The molecule has 1 fully saturated rings. The zero-order valence-electron chi connectivity index (χ0n) is 16.0. The molecule has 0 bridgehead atoms. The maximum absolute atomic E-state index is 12.6. The van der Waals surface area contributed by atoms with E-state index in [0.717, 1.165) is 12.1 Å². The van der Waals surface area contributed by atoms with Crippen LogP contribution in [0.5, 0.6) is 0 Å². The van der Waals surface area contributed by atoms with Gasteiger partial charge in [-0.3, -0.25) is 14.9 Å². The highest BCUT2D eigenvalue weighted by Crippen LogP contribution is 2.29. The molecule has 1 aromatic carbocycles. The second-order valence-electron chi connectivity index (χ2n) is 6.90. The summed E-state index contributed by atoms with van der Waals surface area (Å²) in [5.74, 6) is -0.751. The Morgan fingerprint density at radius 1 is 1.32 bits per heavy atom. The first-order valence-electron chi connectivity index (χ1n) is 8.85. The van der Waals surface area contributed by atoms with Gasteiger partial charge in [0, 0.05) is 6.54 Å². The quantitative estimate of drug-likeness (QED) is 0.639. The summed E-state index contributed by atoms with van der Waals surface area (Å²) in [6.07, 6.45) is -5.25. The summed E-state index contributed by atoms with van der Waals surface area (Å²) < 4.78 is 43.5. The first-order chi connectivity index (χ1) is 13.1. The lowest BCUT2D eigenvalue weighted by atomic mass is 10.0. The van der Waals surface area contributed by atoms with Crippen molar-refractivity contribution < 1.29 is 27.5 Å². The molecule has 1 heterocycles. The van der Waals surface area contributed by atoms with Gasteiger partial charge in [-0.2, -0.15) is 13.2 Å².